The molecule has 634 valence electrons. The molecule has 12 rings (SSSR count). The van der Waals surface area contributed by atoms with Crippen molar-refractivity contribution in [1.29, 1.82) is 0 Å². The average Bonchev–Trinajstić information content (AvgIpc) is 1.65. The van der Waals surface area contributed by atoms with Crippen molar-refractivity contribution < 1.29 is 148 Å². The van der Waals surface area contributed by atoms with E-state index in [-0.39, 0.29) is 23.0 Å². The number of ether oxygens (including phenoxy) is 18. The van der Waals surface area contributed by atoms with Gasteiger partial charge in [-0.3, -0.25) is 57.5 Å². The third kappa shape index (κ3) is 21.2. The van der Waals surface area contributed by atoms with E-state index < -0.39 is 184 Å². The van der Waals surface area contributed by atoms with E-state index in [1.807, 2.05) is 36.4 Å². The summed E-state index contributed by atoms with van der Waals surface area (Å²) < 4.78 is 105. The minimum atomic E-state index is -1.61. The molecule has 35 heteroatoms. The molecule has 3 aromatic heterocycles. The molecule has 5 aliphatic rings. The van der Waals surface area contributed by atoms with Crippen molar-refractivity contribution in [2.24, 2.45) is 0 Å². The third-order valence-electron chi connectivity index (χ3n) is 18.9. The highest BCUT2D eigenvalue weighted by molar-refractivity contribution is 6.00. The highest BCUT2D eigenvalue weighted by Crippen LogP contribution is 2.43. The summed E-state index contributed by atoms with van der Waals surface area (Å²) >= 11 is 0. The zero-order valence-corrected chi connectivity index (χ0v) is 67.2. The van der Waals surface area contributed by atoms with E-state index in [9.17, 15) is 62.6 Å². The second-order valence-electron chi connectivity index (χ2n) is 28.2. The monoisotopic (exact) mass is 1670 g/mol. The Morgan fingerprint density at radius 1 is 0.281 bits per heavy atom. The predicted molar refractivity (Wildman–Crippen MR) is 420 cm³/mol. The quantitative estimate of drug-likeness (QED) is 0.0354. The predicted octanol–water partition coefficient (Wildman–Crippen LogP) is 9.41. The van der Waals surface area contributed by atoms with Crippen LogP contribution in [0.4, 0.5) is 0 Å². The molecule has 0 unspecified atom stereocenters. The van der Waals surface area contributed by atoms with Gasteiger partial charge >= 0.3 is 71.6 Å². The molecule has 7 aromatic rings. The number of hydrogen-bond donors (Lipinski definition) is 3. The van der Waals surface area contributed by atoms with E-state index in [4.69, 9.17) is 95.2 Å². The molecule has 0 saturated carbocycles. The van der Waals surface area contributed by atoms with E-state index in [0.29, 0.717) is 89.4 Å². The molecule has 0 spiro atoms. The van der Waals surface area contributed by atoms with Crippen LogP contribution >= 0.6 is 0 Å². The fraction of sp³-hybridized carbons (Fsp3) is 0.349. The van der Waals surface area contributed by atoms with E-state index in [1.54, 1.807) is 97.1 Å². The second kappa shape index (κ2) is 37.9. The van der Waals surface area contributed by atoms with Crippen LogP contribution in [0.3, 0.4) is 0 Å². The number of phenolic OH excluding ortho intramolecular Hbond substituents is 1. The fourth-order valence-electron chi connectivity index (χ4n) is 14.4. The van der Waals surface area contributed by atoms with Gasteiger partial charge in [-0.25, -0.2) is 9.97 Å². The summed E-state index contributed by atoms with van der Waals surface area (Å²) in [6.45, 7) is 11.8. The molecule has 8 heterocycles. The van der Waals surface area contributed by atoms with E-state index >= 15 is 0 Å². The summed E-state index contributed by atoms with van der Waals surface area (Å²) in [5, 5.41) is 10.7. The molecule has 8 bridgehead atoms. The highest BCUT2D eigenvalue weighted by Gasteiger charge is 2.57. The summed E-state index contributed by atoms with van der Waals surface area (Å²) in [4.78, 5) is 169. The van der Waals surface area contributed by atoms with E-state index in [0.717, 1.165) is 83.1 Å². The van der Waals surface area contributed by atoms with Gasteiger partial charge in [0.2, 0.25) is 37.2 Å². The van der Waals surface area contributed by atoms with Crippen LogP contribution in [0.25, 0.3) is 90.9 Å². The van der Waals surface area contributed by atoms with Gasteiger partial charge in [-0.15, -0.1) is 0 Å². The topological polar surface area (TPSA) is 449 Å². The molecular formula is C86H84N4O31. The Kier molecular flexibility index (Phi) is 27.1. The SMILES string of the molecule is CC(=O)OC[C@H]1O[C@@H](Oc2ccc(-c3c4nc(c(-c5ccc(O[C@@H]6O[C@H](COC(C)=O)[C@@H](OC(C)=O)[C@H](OC(C)=O)[C@H]6OC(C)=O)cc5)c5ccc([nH]5)c(-c5ccc(O[C@@H]6O[C@H](COC(C)=O)[C@@H](OC(C)=O)[C@H](OC(C)=O)[C@H]6OC(C)=O)cc5)c5nc(c(-c6ccc(O)cc6)c6ccc3[nH]6)C=C5)C=C4)cc2)[C@H](OC(C)=O)[C@@H](OC(C)=O)[C@@H]1OC(C)=O. The van der Waals surface area contributed by atoms with Crippen molar-refractivity contribution >= 4 is 118 Å². The number of H-pyrrole nitrogens is 2. The Morgan fingerprint density at radius 2 is 0.488 bits per heavy atom. The smallest absolute Gasteiger partial charge is 0.303 e. The normalized spacial score (nSPS) is 22.7. The first kappa shape index (κ1) is 86.5. The minimum Gasteiger partial charge on any atom is -0.508 e. The van der Waals surface area contributed by atoms with Crippen LogP contribution in [0.2, 0.25) is 0 Å². The lowest BCUT2D eigenvalue weighted by Crippen LogP contribution is -2.63. The molecule has 4 aromatic carbocycles. The van der Waals surface area contributed by atoms with Crippen LogP contribution in [0.15, 0.2) is 121 Å². The Balaban J connectivity index is 1.03. The molecular weight excluding hydrogens is 1580 g/mol. The number of rotatable bonds is 25. The number of aromatic amines is 2. The van der Waals surface area contributed by atoms with Gasteiger partial charge in [0.15, 0.2) is 36.6 Å². The van der Waals surface area contributed by atoms with E-state index in [2.05, 4.69) is 9.97 Å². The molecule has 35 nitrogen and oxygen atoms in total. The number of nitrogens with one attached hydrogen (secondary N) is 2. The van der Waals surface area contributed by atoms with Crippen molar-refractivity contribution in [3.63, 3.8) is 0 Å². The number of aromatic hydroxyl groups is 1. The maximum absolute atomic E-state index is 12.9. The molecule has 0 radical (unpaired) electrons. The van der Waals surface area contributed by atoms with Crippen molar-refractivity contribution in [3.8, 4) is 67.5 Å². The van der Waals surface area contributed by atoms with Gasteiger partial charge in [0, 0.05) is 127 Å². The number of benzene rings is 4. The van der Waals surface area contributed by atoms with Crippen LogP contribution in [0, 0.1) is 0 Å². The van der Waals surface area contributed by atoms with Gasteiger partial charge in [0.25, 0.3) is 0 Å². The Hall–Kier alpha value is -13.8. The lowest BCUT2D eigenvalue weighted by molar-refractivity contribution is -0.288. The zero-order valence-electron chi connectivity index (χ0n) is 67.2. The molecule has 3 N–H and O–H groups in total. The van der Waals surface area contributed by atoms with Crippen molar-refractivity contribution in [2.75, 3.05) is 19.8 Å². The summed E-state index contributed by atoms with van der Waals surface area (Å²) in [6, 6.07) is 33.7. The molecule has 0 amide bonds. The van der Waals surface area contributed by atoms with Gasteiger partial charge in [0.05, 0.1) is 22.8 Å². The largest absolute Gasteiger partial charge is 0.508 e. The van der Waals surface area contributed by atoms with Crippen molar-refractivity contribution in [1.82, 2.24) is 19.9 Å². The zero-order chi connectivity index (χ0) is 86.8. The summed E-state index contributed by atoms with van der Waals surface area (Å²) in [7, 11) is 0. The Morgan fingerprint density at radius 3 is 0.702 bits per heavy atom. The lowest BCUT2D eigenvalue weighted by Gasteiger charge is -2.43. The molecule has 5 aliphatic heterocycles. The Labute approximate surface area is 689 Å². The van der Waals surface area contributed by atoms with Gasteiger partial charge < -0.3 is 100 Å². The van der Waals surface area contributed by atoms with Crippen LogP contribution < -0.4 is 14.2 Å². The van der Waals surface area contributed by atoms with Crippen LogP contribution in [0.1, 0.15) is 106 Å². The molecule has 3 saturated heterocycles. The van der Waals surface area contributed by atoms with Gasteiger partial charge in [-0.1, -0.05) is 48.5 Å². The van der Waals surface area contributed by atoms with Gasteiger partial charge in [-0.2, -0.15) is 0 Å². The number of fused-ring (bicyclic) bond motifs is 8. The first-order valence-electron chi connectivity index (χ1n) is 37.9. The minimum absolute atomic E-state index is 0.0142. The van der Waals surface area contributed by atoms with Crippen LogP contribution in [-0.2, 0) is 129 Å². The summed E-state index contributed by atoms with van der Waals surface area (Å²) in [5.41, 5.74) is 7.94. The van der Waals surface area contributed by atoms with Crippen molar-refractivity contribution in [3.05, 3.63) is 144 Å². The van der Waals surface area contributed by atoms with Gasteiger partial charge in [-0.05, 0) is 119 Å². The van der Waals surface area contributed by atoms with Crippen molar-refractivity contribution in [2.45, 2.75) is 175 Å². The fourth-order valence-corrected chi connectivity index (χ4v) is 14.4. The average molecular weight is 1670 g/mol. The molecule has 3 fully saturated rings. The number of hydrogen-bond acceptors (Lipinski definition) is 33. The highest BCUT2D eigenvalue weighted by atomic mass is 16.8. The third-order valence-corrected chi connectivity index (χ3v) is 18.9. The van der Waals surface area contributed by atoms with Crippen LogP contribution in [-0.4, -0.2) is 209 Å². The van der Waals surface area contributed by atoms with E-state index in [1.165, 1.54) is 12.1 Å². The maximum atomic E-state index is 12.9. The second-order valence-corrected chi connectivity index (χ2v) is 28.2. The standard InChI is InChI=1S/C86H84N4O31/c1-40(91)104-37-68-75(107-43(4)94)78(110-46(7)97)81(113-49(10)100)84(119-68)116-57-23-15-53(16-24-57)72-62-31-29-60(87-62)71(52-13-21-56(103)22-14-52)61-30-32-63(88-61)73(54-17-25-58(26-18-54)117-85-82(114-50(11)101)79(111-47(8)98)76(108-44(5)95)69(120-85)38-105-41(2)92)65-34-36-67(90-65)74(66-35-33-64(72)89-66)55-19-27-59(28-20-55)118-86-83(115-51(12)102)80(112-48(9)99)77(109-45(6)96)70(121-86)39-106-42(3)93/h13-36,68-70,75-87,90,103H,37-39H2,1-12H3/t68-,69-,70-,75-,76-,77-,78+,79+,80+,81-,82-,83-,84-,85-,86-/m1/s1. The Bertz CT molecular complexity index is 5250. The first-order valence-corrected chi connectivity index (χ1v) is 37.9. The summed E-state index contributed by atoms with van der Waals surface area (Å²) in [6.07, 6.45) is -15.3. The van der Waals surface area contributed by atoms with Crippen LogP contribution in [0.5, 0.6) is 23.0 Å². The number of phenols is 1. The number of esters is 12. The number of aromatic nitrogens is 4. The number of carbonyl (C=O) groups is 12. The lowest BCUT2D eigenvalue weighted by atomic mass is 9.98. The molecule has 121 heavy (non-hydrogen) atoms. The molecule has 0 aliphatic carbocycles. The maximum Gasteiger partial charge on any atom is 0.303 e. The number of nitrogens with zero attached hydrogens (tertiary/aromatic N) is 2. The number of carbonyl (C=O) groups excluding carboxylic acids is 12. The summed E-state index contributed by atoms with van der Waals surface area (Å²) in [5.74, 6) is -9.42. The molecule has 15 atom stereocenters. The first-order chi connectivity index (χ1) is 57.7. The van der Waals surface area contributed by atoms with Gasteiger partial charge in [0.1, 0.15) is 61.1 Å².